The number of carbonyl (C=O) groups is 2. The lowest BCUT2D eigenvalue weighted by Crippen LogP contribution is -2.37. The maximum atomic E-state index is 11.8. The van der Waals surface area contributed by atoms with Gasteiger partial charge < -0.3 is 10.4 Å². The minimum Gasteiger partial charge on any atom is -0.481 e. The number of hydrogen-bond donors (Lipinski definition) is 2. The number of carboxylic acids is 1. The van der Waals surface area contributed by atoms with E-state index in [0.29, 0.717) is 12.8 Å². The van der Waals surface area contributed by atoms with Gasteiger partial charge in [-0.2, -0.15) is 0 Å². The third-order valence-corrected chi connectivity index (χ3v) is 3.57. The Hall–Kier alpha value is -1.06. The zero-order valence-corrected chi connectivity index (χ0v) is 10.7. The van der Waals surface area contributed by atoms with E-state index in [1.807, 2.05) is 6.92 Å². The third kappa shape index (κ3) is 4.36. The van der Waals surface area contributed by atoms with Crippen molar-refractivity contribution in [3.8, 4) is 0 Å². The van der Waals surface area contributed by atoms with Crippen molar-refractivity contribution in [2.24, 2.45) is 11.8 Å². The first kappa shape index (κ1) is 14.0. The first-order valence-electron chi connectivity index (χ1n) is 6.57. The van der Waals surface area contributed by atoms with E-state index in [1.165, 1.54) is 0 Å². The van der Waals surface area contributed by atoms with Gasteiger partial charge in [0.1, 0.15) is 0 Å². The Morgan fingerprint density at radius 3 is 2.65 bits per heavy atom. The van der Waals surface area contributed by atoms with E-state index in [4.69, 9.17) is 5.11 Å². The van der Waals surface area contributed by atoms with Gasteiger partial charge in [-0.3, -0.25) is 9.59 Å². The van der Waals surface area contributed by atoms with Gasteiger partial charge in [-0.05, 0) is 25.7 Å². The van der Waals surface area contributed by atoms with Crippen LogP contribution in [0.4, 0.5) is 0 Å². The number of rotatable bonds is 6. The SMILES string of the molecule is CCCCC(C)C(=O)N[C@H]1CC[C@@H](C(=O)O)C1. The van der Waals surface area contributed by atoms with Crippen LogP contribution in [0.5, 0.6) is 0 Å². The van der Waals surface area contributed by atoms with Gasteiger partial charge in [-0.15, -0.1) is 0 Å². The number of carbonyl (C=O) groups excluding carboxylic acids is 1. The zero-order chi connectivity index (χ0) is 12.8. The first-order chi connectivity index (χ1) is 8.04. The Morgan fingerprint density at radius 1 is 1.41 bits per heavy atom. The number of amides is 1. The normalized spacial score (nSPS) is 25.5. The molecule has 0 aromatic heterocycles. The molecule has 0 aliphatic heterocycles. The Bertz CT molecular complexity index is 278. The molecule has 1 fully saturated rings. The van der Waals surface area contributed by atoms with Crippen molar-refractivity contribution in [1.29, 1.82) is 0 Å². The molecule has 2 N–H and O–H groups in total. The molecule has 17 heavy (non-hydrogen) atoms. The summed E-state index contributed by atoms with van der Waals surface area (Å²) >= 11 is 0. The highest BCUT2D eigenvalue weighted by molar-refractivity contribution is 5.78. The van der Waals surface area contributed by atoms with Crippen LogP contribution in [0.25, 0.3) is 0 Å². The largest absolute Gasteiger partial charge is 0.481 e. The molecule has 1 amide bonds. The highest BCUT2D eigenvalue weighted by Gasteiger charge is 2.31. The highest BCUT2D eigenvalue weighted by atomic mass is 16.4. The molecule has 0 aromatic carbocycles. The van der Waals surface area contributed by atoms with Gasteiger partial charge in [-0.25, -0.2) is 0 Å². The first-order valence-corrected chi connectivity index (χ1v) is 6.57. The van der Waals surface area contributed by atoms with Crippen LogP contribution in [0.1, 0.15) is 52.4 Å². The second-order valence-electron chi connectivity index (χ2n) is 5.10. The predicted molar refractivity (Wildman–Crippen MR) is 65.6 cm³/mol. The van der Waals surface area contributed by atoms with E-state index >= 15 is 0 Å². The molecular formula is C13H23NO3. The standard InChI is InChI=1S/C13H23NO3/c1-3-4-5-9(2)12(15)14-11-7-6-10(8-11)13(16)17/h9-11H,3-8H2,1-2H3,(H,14,15)(H,16,17)/t9?,10-,11+/m1/s1. The number of carboxylic acid groups (broad SMARTS) is 1. The van der Waals surface area contributed by atoms with Crippen molar-refractivity contribution in [3.05, 3.63) is 0 Å². The van der Waals surface area contributed by atoms with Crippen LogP contribution in [0.15, 0.2) is 0 Å². The zero-order valence-electron chi connectivity index (χ0n) is 10.7. The van der Waals surface area contributed by atoms with Crippen LogP contribution in [0.2, 0.25) is 0 Å². The highest BCUT2D eigenvalue weighted by Crippen LogP contribution is 2.26. The number of hydrogen-bond acceptors (Lipinski definition) is 2. The molecule has 3 atom stereocenters. The average Bonchev–Trinajstić information content (AvgIpc) is 2.74. The molecule has 1 saturated carbocycles. The summed E-state index contributed by atoms with van der Waals surface area (Å²) in [5.74, 6) is -0.889. The van der Waals surface area contributed by atoms with Gasteiger partial charge in [0, 0.05) is 12.0 Å². The van der Waals surface area contributed by atoms with E-state index in [-0.39, 0.29) is 23.8 Å². The molecule has 0 radical (unpaired) electrons. The smallest absolute Gasteiger partial charge is 0.306 e. The summed E-state index contributed by atoms with van der Waals surface area (Å²) in [7, 11) is 0. The second-order valence-corrected chi connectivity index (χ2v) is 5.10. The van der Waals surface area contributed by atoms with E-state index in [1.54, 1.807) is 0 Å². The van der Waals surface area contributed by atoms with Crippen LogP contribution in [-0.2, 0) is 9.59 Å². The van der Waals surface area contributed by atoms with Crippen LogP contribution < -0.4 is 5.32 Å². The van der Waals surface area contributed by atoms with Crippen molar-refractivity contribution >= 4 is 11.9 Å². The Balaban J connectivity index is 2.30. The van der Waals surface area contributed by atoms with Crippen LogP contribution >= 0.6 is 0 Å². The van der Waals surface area contributed by atoms with Gasteiger partial charge in [0.05, 0.1) is 5.92 Å². The fourth-order valence-corrected chi connectivity index (χ4v) is 2.32. The summed E-state index contributed by atoms with van der Waals surface area (Å²) in [6.45, 7) is 4.05. The minimum atomic E-state index is -0.735. The van der Waals surface area contributed by atoms with Crippen molar-refractivity contribution in [3.63, 3.8) is 0 Å². The quantitative estimate of drug-likeness (QED) is 0.749. The van der Waals surface area contributed by atoms with Crippen molar-refractivity contribution in [1.82, 2.24) is 5.32 Å². The summed E-state index contributed by atoms with van der Waals surface area (Å²) in [4.78, 5) is 22.6. The molecule has 1 rings (SSSR count). The summed E-state index contributed by atoms with van der Waals surface area (Å²) in [6, 6.07) is 0.0627. The maximum Gasteiger partial charge on any atom is 0.306 e. The summed E-state index contributed by atoms with van der Waals surface area (Å²) < 4.78 is 0. The number of unbranched alkanes of at least 4 members (excludes halogenated alkanes) is 1. The lowest BCUT2D eigenvalue weighted by molar-refractivity contribution is -0.141. The predicted octanol–water partition coefficient (Wildman–Crippen LogP) is 2.18. The molecule has 1 aliphatic carbocycles. The molecule has 0 heterocycles. The average molecular weight is 241 g/mol. The number of nitrogens with one attached hydrogen (secondary N) is 1. The van der Waals surface area contributed by atoms with Crippen LogP contribution in [0, 0.1) is 11.8 Å². The molecule has 4 nitrogen and oxygen atoms in total. The van der Waals surface area contributed by atoms with Gasteiger partial charge in [-0.1, -0.05) is 26.7 Å². The Morgan fingerprint density at radius 2 is 2.12 bits per heavy atom. The van der Waals surface area contributed by atoms with Crippen molar-refractivity contribution < 1.29 is 14.7 Å². The minimum absolute atomic E-state index is 0.0406. The molecular weight excluding hydrogens is 218 g/mol. The topological polar surface area (TPSA) is 66.4 Å². The molecule has 98 valence electrons. The summed E-state index contributed by atoms with van der Waals surface area (Å²) in [5.41, 5.74) is 0. The fraction of sp³-hybridized carbons (Fsp3) is 0.846. The fourth-order valence-electron chi connectivity index (χ4n) is 2.32. The molecule has 0 bridgehead atoms. The van der Waals surface area contributed by atoms with Crippen LogP contribution in [-0.4, -0.2) is 23.0 Å². The van der Waals surface area contributed by atoms with Crippen molar-refractivity contribution in [2.75, 3.05) is 0 Å². The molecule has 1 unspecified atom stereocenters. The number of aliphatic carboxylic acids is 1. The van der Waals surface area contributed by atoms with Gasteiger partial charge in [0.2, 0.25) is 5.91 Å². The van der Waals surface area contributed by atoms with E-state index in [9.17, 15) is 9.59 Å². The molecule has 0 aromatic rings. The van der Waals surface area contributed by atoms with E-state index < -0.39 is 5.97 Å². The molecule has 0 saturated heterocycles. The van der Waals surface area contributed by atoms with E-state index in [2.05, 4.69) is 12.2 Å². The Labute approximate surface area is 103 Å². The monoisotopic (exact) mass is 241 g/mol. The molecule has 1 aliphatic rings. The summed E-state index contributed by atoms with van der Waals surface area (Å²) in [6.07, 6.45) is 5.14. The van der Waals surface area contributed by atoms with Gasteiger partial charge in [0.25, 0.3) is 0 Å². The van der Waals surface area contributed by atoms with Gasteiger partial charge >= 0.3 is 5.97 Å². The van der Waals surface area contributed by atoms with Crippen LogP contribution in [0.3, 0.4) is 0 Å². The van der Waals surface area contributed by atoms with E-state index in [0.717, 1.165) is 25.7 Å². The molecule has 4 heteroatoms. The lowest BCUT2D eigenvalue weighted by Gasteiger charge is -2.16. The molecule has 0 spiro atoms. The third-order valence-electron chi connectivity index (χ3n) is 3.57. The Kier molecular flexibility index (Phi) is 5.45. The summed E-state index contributed by atoms with van der Waals surface area (Å²) in [5, 5.41) is 11.8. The van der Waals surface area contributed by atoms with Crippen molar-refractivity contribution in [2.45, 2.75) is 58.4 Å². The lowest BCUT2D eigenvalue weighted by atomic mass is 10.0. The second kappa shape index (κ2) is 6.62. The van der Waals surface area contributed by atoms with Gasteiger partial charge in [0.15, 0.2) is 0 Å². The maximum absolute atomic E-state index is 11.8.